The van der Waals surface area contributed by atoms with Crippen LogP contribution in [0.4, 0.5) is 0 Å². The van der Waals surface area contributed by atoms with Gasteiger partial charge in [0.25, 0.3) is 0 Å². The van der Waals surface area contributed by atoms with Crippen molar-refractivity contribution in [1.82, 2.24) is 44.4 Å². The highest BCUT2D eigenvalue weighted by atomic mass is 32.1. The molecule has 104 heavy (non-hydrogen) atoms. The lowest BCUT2D eigenvalue weighted by atomic mass is 10.4. The Kier molecular flexibility index (Phi) is 148. The molecule has 0 radical (unpaired) electrons. The molecule has 0 saturated carbocycles. The van der Waals surface area contributed by atoms with E-state index in [-0.39, 0.29) is 0 Å². The van der Waals surface area contributed by atoms with Gasteiger partial charge in [-0.1, -0.05) is 186 Å². The molecule has 0 aromatic carbocycles. The van der Waals surface area contributed by atoms with Crippen LogP contribution in [0.25, 0.3) is 0 Å². The molecular formula is C85H153N9O5S5. The number of hydrogen-bond donors (Lipinski definition) is 2. The molecule has 13 heterocycles. The van der Waals surface area contributed by atoms with E-state index in [0.717, 1.165) is 33.8 Å². The van der Waals surface area contributed by atoms with Gasteiger partial charge in [-0.05, 0) is 170 Å². The molecule has 0 unspecified atom stereocenters. The second-order valence-electron chi connectivity index (χ2n) is 15.7. The van der Waals surface area contributed by atoms with Crippen LogP contribution in [0.1, 0.15) is 246 Å². The number of thiophene rings is 2. The minimum Gasteiger partial charge on any atom is -0.472 e. The summed E-state index contributed by atoms with van der Waals surface area (Å²) in [6, 6.07) is 22.0. The van der Waals surface area contributed by atoms with Crippen molar-refractivity contribution >= 4 is 56.7 Å². The molecule has 0 aliphatic carbocycles. The number of aromatic amines is 2. The molecule has 0 aliphatic heterocycles. The first-order chi connectivity index (χ1) is 50.6. The molecule has 14 nitrogen and oxygen atoms in total. The van der Waals surface area contributed by atoms with Crippen molar-refractivity contribution in [3.8, 4) is 0 Å². The second-order valence-corrected chi connectivity index (χ2v) is 20.6. The first kappa shape index (κ1) is 126. The molecule has 0 bridgehead atoms. The van der Waals surface area contributed by atoms with E-state index in [1.54, 1.807) is 114 Å². The fraction of sp³-hybridized carbons (Fsp3) is 0.459. The number of nitrogens with zero attached hydrogens (tertiary/aromatic N) is 7. The summed E-state index contributed by atoms with van der Waals surface area (Å²) in [5.41, 5.74) is 10.7. The number of hydrogen-bond acceptors (Lipinski definition) is 16. The van der Waals surface area contributed by atoms with Crippen LogP contribution in [0.2, 0.25) is 0 Å². The van der Waals surface area contributed by atoms with Gasteiger partial charge in [0, 0.05) is 89.3 Å². The molecule has 598 valence electrons. The quantitative estimate of drug-likeness (QED) is 0.148. The summed E-state index contributed by atoms with van der Waals surface area (Å²) in [7, 11) is 2.00. The maximum Gasteiger partial charge on any atom is 0.190 e. The Morgan fingerprint density at radius 2 is 0.990 bits per heavy atom. The van der Waals surface area contributed by atoms with Gasteiger partial charge in [-0.25, -0.2) is 15.0 Å². The first-order valence-electron chi connectivity index (χ1n) is 37.0. The smallest absolute Gasteiger partial charge is 0.190 e. The van der Waals surface area contributed by atoms with Crippen LogP contribution in [-0.4, -0.2) is 44.4 Å². The number of rotatable bonds is 0. The molecule has 13 aromatic rings. The number of furan rings is 2. The third kappa shape index (κ3) is 118. The highest BCUT2D eigenvalue weighted by Crippen LogP contribution is 2.04. The molecule has 0 spiro atoms. The fourth-order valence-corrected chi connectivity index (χ4v) is 6.92. The zero-order valence-corrected chi connectivity index (χ0v) is 76.9. The van der Waals surface area contributed by atoms with E-state index in [1.807, 2.05) is 355 Å². The minimum absolute atomic E-state index is 0.718. The third-order valence-corrected chi connectivity index (χ3v) is 12.0. The van der Waals surface area contributed by atoms with Crippen molar-refractivity contribution in [3.05, 3.63) is 270 Å². The highest BCUT2D eigenvalue weighted by molar-refractivity contribution is 7.10. The van der Waals surface area contributed by atoms with Gasteiger partial charge in [0.05, 0.1) is 52.9 Å². The van der Waals surface area contributed by atoms with Gasteiger partial charge in [-0.2, -0.15) is 11.3 Å². The van der Waals surface area contributed by atoms with E-state index in [9.17, 15) is 0 Å². The number of nitrogens with one attached hydrogen (secondary N) is 2. The summed E-state index contributed by atoms with van der Waals surface area (Å²) in [4.78, 5) is 31.5. The Morgan fingerprint density at radius 1 is 0.385 bits per heavy atom. The lowest BCUT2D eigenvalue weighted by Crippen LogP contribution is -1.75. The minimum atomic E-state index is 0.718. The standard InChI is InChI=1S/3C5H7N.2C5H6O.2C5H6S.3C4H5NO.3C4H5NS.13C2H6/c1-5-2-3-6-4-5;1-6-4-2-3-5-6;1-5-3-2-4-6-5;1-5-2-3-6-4-5;1-5-3-2-4-6-5;1-5-2-3-6-4-5;1-5-3-2-4-6-5;1-4-2-6-3-5-4;1-4-2-5-3-6-4;1-4-5-2-3-6-4;1-4-2-6-3-5-4;1-4-2-5-3-6-4;1-4-5-2-3-6-4;13*1-2/h2-4,6H,1H3;2-5H,1H3;2-4,6H,1H3;4*2-4H,1H3;6*2-3H,1H3;13*1-2H3. The number of oxazole rings is 3. The van der Waals surface area contributed by atoms with Crippen molar-refractivity contribution in [2.75, 3.05) is 0 Å². The second kappa shape index (κ2) is 122. The van der Waals surface area contributed by atoms with Gasteiger partial charge in [0.15, 0.2) is 18.7 Å². The molecule has 13 rings (SSSR count). The average Bonchev–Trinajstić information content (AvgIpc) is 4.52. The maximum absolute atomic E-state index is 4.83. The van der Waals surface area contributed by atoms with Crippen LogP contribution in [0, 0.1) is 83.1 Å². The SMILES string of the molecule is CC.CC.CC.CC.CC.CC.CC.CC.CC.CC.CC.CC.CC.Cc1cc[nH]c1.Cc1ccc[nH]1.Cc1ccco1.Cc1cccs1.Cc1ccoc1.Cc1ccsc1.Cc1cnco1.Cc1cncs1.Cc1cocn1.Cc1cscn1.Cc1ncco1.Cc1nccs1.Cn1cccc1. The van der Waals surface area contributed by atoms with Crippen molar-refractivity contribution in [2.24, 2.45) is 7.05 Å². The summed E-state index contributed by atoms with van der Waals surface area (Å²) >= 11 is 8.48. The van der Waals surface area contributed by atoms with Crippen LogP contribution < -0.4 is 0 Å². The maximum atomic E-state index is 4.83. The Balaban J connectivity index is -0.0000000764. The summed E-state index contributed by atoms with van der Waals surface area (Å²) in [6.45, 7) is 75.7. The molecule has 13 aromatic heterocycles. The third-order valence-electron chi connectivity index (χ3n) is 8.25. The molecule has 19 heteroatoms. The molecule has 0 atom stereocenters. The van der Waals surface area contributed by atoms with Crippen LogP contribution in [0.3, 0.4) is 0 Å². The molecule has 0 amide bonds. The Labute approximate surface area is 659 Å². The largest absolute Gasteiger partial charge is 0.472 e. The topological polar surface area (TPSA) is 180 Å². The van der Waals surface area contributed by atoms with Crippen molar-refractivity contribution < 1.29 is 22.1 Å². The van der Waals surface area contributed by atoms with Crippen molar-refractivity contribution in [2.45, 2.75) is 263 Å². The average molecular weight is 1540 g/mol. The van der Waals surface area contributed by atoms with E-state index in [2.05, 4.69) is 99.4 Å². The predicted octanol–water partition coefficient (Wildman–Crippen LogP) is 31.6. The molecule has 0 saturated heterocycles. The lowest BCUT2D eigenvalue weighted by Gasteiger charge is -1.79. The van der Waals surface area contributed by atoms with E-state index in [0.29, 0.717) is 0 Å². The van der Waals surface area contributed by atoms with Crippen LogP contribution >= 0.6 is 56.7 Å². The Bertz CT molecular complexity index is 2220. The number of aryl methyl sites for hydroxylation is 13. The van der Waals surface area contributed by atoms with E-state index in [1.165, 1.54) is 44.9 Å². The summed E-state index contributed by atoms with van der Waals surface area (Å²) in [6.07, 6.45) is 27.7. The van der Waals surface area contributed by atoms with E-state index >= 15 is 0 Å². The fourth-order valence-electron chi connectivity index (χ4n) is 4.33. The highest BCUT2D eigenvalue weighted by Gasteiger charge is 1.82. The summed E-state index contributed by atoms with van der Waals surface area (Å²) < 4.78 is 25.6. The molecule has 0 fully saturated rings. The van der Waals surface area contributed by atoms with Gasteiger partial charge in [0.2, 0.25) is 0 Å². The molecule has 0 aliphatic rings. The molecular weight excluding hydrogens is 1390 g/mol. The van der Waals surface area contributed by atoms with Crippen LogP contribution in [0.5, 0.6) is 0 Å². The first-order valence-corrected chi connectivity index (χ1v) is 41.5. The zero-order chi connectivity index (χ0) is 83.3. The van der Waals surface area contributed by atoms with E-state index in [4.69, 9.17) is 17.7 Å². The van der Waals surface area contributed by atoms with Gasteiger partial charge in [-0.15, -0.1) is 45.3 Å². The van der Waals surface area contributed by atoms with E-state index < -0.39 is 0 Å². The van der Waals surface area contributed by atoms with Gasteiger partial charge < -0.3 is 36.6 Å². The van der Waals surface area contributed by atoms with Crippen molar-refractivity contribution in [3.63, 3.8) is 0 Å². The Morgan fingerprint density at radius 3 is 1.12 bits per heavy atom. The lowest BCUT2D eigenvalue weighted by molar-refractivity contribution is 0.521. The molecule has 2 N–H and O–H groups in total. The Hall–Kier alpha value is -7.68. The summed E-state index contributed by atoms with van der Waals surface area (Å²) in [5, 5.41) is 11.4. The number of aromatic nitrogens is 9. The normalized spacial score (nSPS) is 7.38. The van der Waals surface area contributed by atoms with Crippen LogP contribution in [0.15, 0.2) is 227 Å². The predicted molar refractivity (Wildman–Crippen MR) is 473 cm³/mol. The monoisotopic (exact) mass is 1540 g/mol. The summed E-state index contributed by atoms with van der Waals surface area (Å²) in [5.74, 6) is 2.54. The van der Waals surface area contributed by atoms with Gasteiger partial charge in [-0.3, -0.25) is 15.0 Å². The number of thiazole rings is 3. The zero-order valence-electron chi connectivity index (χ0n) is 72.8. The number of H-pyrrole nitrogens is 2. The van der Waals surface area contributed by atoms with Gasteiger partial charge in [0.1, 0.15) is 24.0 Å². The van der Waals surface area contributed by atoms with Crippen LogP contribution in [-0.2, 0) is 7.05 Å². The van der Waals surface area contributed by atoms with Gasteiger partial charge >= 0.3 is 0 Å². The van der Waals surface area contributed by atoms with Crippen molar-refractivity contribution in [1.29, 1.82) is 0 Å².